The van der Waals surface area contributed by atoms with E-state index < -0.39 is 0 Å². The number of nitrogens with one attached hydrogen (secondary N) is 1. The van der Waals surface area contributed by atoms with Crippen molar-refractivity contribution in [2.75, 3.05) is 32.8 Å². The lowest BCUT2D eigenvalue weighted by molar-refractivity contribution is -0.146. The molecule has 1 atom stereocenters. The van der Waals surface area contributed by atoms with Crippen molar-refractivity contribution in [3.63, 3.8) is 0 Å². The SMILES string of the molecule is O=C([C@@H]1CCOC1)N1CCC2(CC1)c1nc[nH]c1CCN2C(=O)C1CC1. The van der Waals surface area contributed by atoms with Gasteiger partial charge < -0.3 is 19.5 Å². The summed E-state index contributed by atoms with van der Waals surface area (Å²) < 4.78 is 5.38. The molecule has 0 aromatic carbocycles. The van der Waals surface area contributed by atoms with Crippen molar-refractivity contribution in [3.05, 3.63) is 17.7 Å². The molecule has 1 N–H and O–H groups in total. The zero-order chi connectivity index (χ0) is 17.7. The number of fused-ring (bicyclic) bond motifs is 2. The molecule has 1 aromatic heterocycles. The molecule has 7 nitrogen and oxygen atoms in total. The second-order valence-corrected chi connectivity index (χ2v) is 8.16. The summed E-state index contributed by atoms with van der Waals surface area (Å²) in [5.74, 6) is 0.737. The van der Waals surface area contributed by atoms with E-state index in [1.165, 1.54) is 0 Å². The number of carbonyl (C=O) groups is 2. The van der Waals surface area contributed by atoms with Gasteiger partial charge in [0.05, 0.1) is 30.1 Å². The Morgan fingerprint density at radius 3 is 2.62 bits per heavy atom. The molecule has 26 heavy (non-hydrogen) atoms. The second kappa shape index (κ2) is 6.08. The maximum absolute atomic E-state index is 13.0. The van der Waals surface area contributed by atoms with Crippen molar-refractivity contribution in [3.8, 4) is 0 Å². The number of ether oxygens (including phenoxy) is 1. The normalized spacial score (nSPS) is 27.6. The highest BCUT2D eigenvalue weighted by Crippen LogP contribution is 2.45. The van der Waals surface area contributed by atoms with Crippen LogP contribution in [0.4, 0.5) is 0 Å². The number of likely N-dealkylation sites (tertiary alicyclic amines) is 1. The van der Waals surface area contributed by atoms with E-state index in [0.717, 1.165) is 56.5 Å². The van der Waals surface area contributed by atoms with E-state index in [2.05, 4.69) is 14.9 Å². The fraction of sp³-hybridized carbons (Fsp3) is 0.737. The number of amides is 2. The van der Waals surface area contributed by atoms with Gasteiger partial charge in [0, 0.05) is 44.3 Å². The van der Waals surface area contributed by atoms with E-state index in [1.807, 2.05) is 4.90 Å². The first kappa shape index (κ1) is 16.3. The number of piperidine rings is 1. The van der Waals surface area contributed by atoms with Gasteiger partial charge in [0.1, 0.15) is 0 Å². The fourth-order valence-electron chi connectivity index (χ4n) is 4.94. The van der Waals surface area contributed by atoms with Gasteiger partial charge in [0.25, 0.3) is 0 Å². The molecule has 1 spiro atoms. The van der Waals surface area contributed by atoms with Gasteiger partial charge >= 0.3 is 0 Å². The summed E-state index contributed by atoms with van der Waals surface area (Å²) in [5.41, 5.74) is 1.86. The number of aromatic nitrogens is 2. The Kier molecular flexibility index (Phi) is 3.81. The Bertz CT molecular complexity index is 712. The molecule has 1 aromatic rings. The molecular weight excluding hydrogens is 332 g/mol. The van der Waals surface area contributed by atoms with Crippen molar-refractivity contribution >= 4 is 11.8 Å². The van der Waals surface area contributed by atoms with E-state index in [4.69, 9.17) is 4.74 Å². The van der Waals surface area contributed by atoms with Crippen LogP contribution in [0.25, 0.3) is 0 Å². The lowest BCUT2D eigenvalue weighted by atomic mass is 9.78. The number of carbonyl (C=O) groups excluding carboxylic acids is 2. The van der Waals surface area contributed by atoms with Crippen LogP contribution in [-0.4, -0.2) is 64.4 Å². The van der Waals surface area contributed by atoms with Crippen LogP contribution in [0.5, 0.6) is 0 Å². The summed E-state index contributed by atoms with van der Waals surface area (Å²) >= 11 is 0. The highest BCUT2D eigenvalue weighted by Gasteiger charge is 2.51. The van der Waals surface area contributed by atoms with Crippen LogP contribution in [0.1, 0.15) is 43.5 Å². The Morgan fingerprint density at radius 2 is 1.92 bits per heavy atom. The van der Waals surface area contributed by atoms with Crippen molar-refractivity contribution in [1.29, 1.82) is 0 Å². The maximum atomic E-state index is 13.0. The Morgan fingerprint density at radius 1 is 1.12 bits per heavy atom. The van der Waals surface area contributed by atoms with Gasteiger partial charge in [-0.2, -0.15) is 0 Å². The first-order valence-electron chi connectivity index (χ1n) is 9.90. The van der Waals surface area contributed by atoms with Crippen LogP contribution in [0.3, 0.4) is 0 Å². The van der Waals surface area contributed by atoms with E-state index in [1.54, 1.807) is 6.33 Å². The van der Waals surface area contributed by atoms with Crippen LogP contribution >= 0.6 is 0 Å². The average Bonchev–Trinajstić information content (AvgIpc) is 3.16. The molecule has 0 bridgehead atoms. The summed E-state index contributed by atoms with van der Waals surface area (Å²) in [6, 6.07) is 0. The first-order chi connectivity index (χ1) is 12.7. The Balaban J connectivity index is 1.39. The summed E-state index contributed by atoms with van der Waals surface area (Å²) in [7, 11) is 0. The standard InChI is InChI=1S/C19H26N4O3/c24-17(14-4-10-26-11-14)22-8-5-19(6-9-22)16-15(20-12-21-16)3-7-23(19)18(25)13-1-2-13/h12-14H,1-11H2,(H,20,21)/t14-/m1/s1. The lowest BCUT2D eigenvalue weighted by Gasteiger charge is -2.50. The highest BCUT2D eigenvalue weighted by atomic mass is 16.5. The number of aromatic amines is 1. The van der Waals surface area contributed by atoms with Crippen LogP contribution in [0.15, 0.2) is 6.33 Å². The number of nitrogens with zero attached hydrogens (tertiary/aromatic N) is 3. The van der Waals surface area contributed by atoms with Crippen molar-refractivity contribution < 1.29 is 14.3 Å². The zero-order valence-corrected chi connectivity index (χ0v) is 15.1. The summed E-state index contributed by atoms with van der Waals surface area (Å²) in [5, 5.41) is 0. The van der Waals surface area contributed by atoms with Gasteiger partial charge in [-0.25, -0.2) is 4.98 Å². The predicted molar refractivity (Wildman–Crippen MR) is 93.1 cm³/mol. The van der Waals surface area contributed by atoms with E-state index in [9.17, 15) is 9.59 Å². The van der Waals surface area contributed by atoms with Gasteiger partial charge in [-0.1, -0.05) is 0 Å². The minimum absolute atomic E-state index is 0.0144. The molecule has 2 amide bonds. The third-order valence-electron chi connectivity index (χ3n) is 6.63. The number of hydrogen-bond donors (Lipinski definition) is 1. The molecule has 5 rings (SSSR count). The lowest BCUT2D eigenvalue weighted by Crippen LogP contribution is -2.59. The largest absolute Gasteiger partial charge is 0.381 e. The molecule has 3 fully saturated rings. The third kappa shape index (κ3) is 2.47. The van der Waals surface area contributed by atoms with Crippen molar-refractivity contribution in [2.24, 2.45) is 11.8 Å². The molecule has 0 unspecified atom stereocenters. The van der Waals surface area contributed by atoms with E-state index in [0.29, 0.717) is 32.2 Å². The Labute approximate surface area is 153 Å². The number of imidazole rings is 1. The van der Waals surface area contributed by atoms with E-state index >= 15 is 0 Å². The topological polar surface area (TPSA) is 78.5 Å². The average molecular weight is 358 g/mol. The van der Waals surface area contributed by atoms with Gasteiger partial charge in [0.2, 0.25) is 11.8 Å². The molecule has 0 radical (unpaired) electrons. The number of hydrogen-bond acceptors (Lipinski definition) is 4. The van der Waals surface area contributed by atoms with E-state index in [-0.39, 0.29) is 23.3 Å². The summed E-state index contributed by atoms with van der Waals surface area (Å²) in [4.78, 5) is 37.7. The van der Waals surface area contributed by atoms with Gasteiger partial charge in [-0.15, -0.1) is 0 Å². The molecule has 7 heteroatoms. The molecule has 1 saturated carbocycles. The van der Waals surface area contributed by atoms with Crippen molar-refractivity contribution in [2.45, 2.75) is 44.1 Å². The minimum atomic E-state index is -0.337. The van der Waals surface area contributed by atoms with Gasteiger partial charge in [0.15, 0.2) is 0 Å². The molecule has 3 aliphatic heterocycles. The first-order valence-corrected chi connectivity index (χ1v) is 9.90. The molecule has 1 aliphatic carbocycles. The van der Waals surface area contributed by atoms with Crippen LogP contribution in [0, 0.1) is 11.8 Å². The zero-order valence-electron chi connectivity index (χ0n) is 15.1. The van der Waals surface area contributed by atoms with Crippen LogP contribution in [-0.2, 0) is 26.3 Å². The molecule has 140 valence electrons. The maximum Gasteiger partial charge on any atom is 0.228 e. The minimum Gasteiger partial charge on any atom is -0.381 e. The summed E-state index contributed by atoms with van der Waals surface area (Å²) in [6.45, 7) is 3.38. The number of rotatable bonds is 2. The molecule has 4 aliphatic rings. The molecule has 2 saturated heterocycles. The smallest absolute Gasteiger partial charge is 0.228 e. The number of H-pyrrole nitrogens is 1. The van der Waals surface area contributed by atoms with Crippen LogP contribution < -0.4 is 0 Å². The van der Waals surface area contributed by atoms with Gasteiger partial charge in [-0.3, -0.25) is 9.59 Å². The Hall–Kier alpha value is -1.89. The summed E-state index contributed by atoms with van der Waals surface area (Å²) in [6.07, 6.45) is 7.03. The molecular formula is C19H26N4O3. The predicted octanol–water partition coefficient (Wildman–Crippen LogP) is 1.06. The van der Waals surface area contributed by atoms with Gasteiger partial charge in [-0.05, 0) is 32.1 Å². The monoisotopic (exact) mass is 358 g/mol. The second-order valence-electron chi connectivity index (χ2n) is 8.16. The molecule has 4 heterocycles. The quantitative estimate of drug-likeness (QED) is 0.857. The van der Waals surface area contributed by atoms with Crippen LogP contribution in [0.2, 0.25) is 0 Å². The third-order valence-corrected chi connectivity index (χ3v) is 6.63. The highest BCUT2D eigenvalue weighted by molar-refractivity contribution is 5.82. The fourth-order valence-corrected chi connectivity index (χ4v) is 4.94. The van der Waals surface area contributed by atoms with Crippen molar-refractivity contribution in [1.82, 2.24) is 19.8 Å².